The SMILES string of the molecule is Cc1ccc(N(/C=C/[N+](=O)[O-])/C=C/[N+](=O)[O-])cc1. The monoisotopic (exact) mass is 249 g/mol. The molecule has 1 aromatic carbocycles. The molecule has 0 aromatic heterocycles. The fourth-order valence-electron chi connectivity index (χ4n) is 1.19. The highest BCUT2D eigenvalue weighted by Crippen LogP contribution is 2.16. The van der Waals surface area contributed by atoms with Gasteiger partial charge in [0, 0.05) is 5.69 Å². The van der Waals surface area contributed by atoms with E-state index in [2.05, 4.69) is 0 Å². The van der Waals surface area contributed by atoms with E-state index in [1.54, 1.807) is 12.1 Å². The molecule has 18 heavy (non-hydrogen) atoms. The minimum Gasteiger partial charge on any atom is -0.312 e. The molecule has 0 saturated heterocycles. The molecule has 0 amide bonds. The van der Waals surface area contributed by atoms with Crippen LogP contribution in [-0.2, 0) is 0 Å². The Hall–Kier alpha value is -2.70. The number of hydrogen-bond acceptors (Lipinski definition) is 5. The molecule has 7 nitrogen and oxygen atoms in total. The van der Waals surface area contributed by atoms with Gasteiger partial charge in [-0.25, -0.2) is 0 Å². The van der Waals surface area contributed by atoms with Crippen LogP contribution >= 0.6 is 0 Å². The third-order valence-corrected chi connectivity index (χ3v) is 2.03. The molecule has 0 saturated carbocycles. The van der Waals surface area contributed by atoms with Gasteiger partial charge in [-0.05, 0) is 19.1 Å². The fourth-order valence-corrected chi connectivity index (χ4v) is 1.19. The summed E-state index contributed by atoms with van der Waals surface area (Å²) in [6, 6.07) is 7.04. The van der Waals surface area contributed by atoms with E-state index in [1.807, 2.05) is 19.1 Å². The third kappa shape index (κ3) is 4.44. The molecule has 0 aliphatic rings. The Kier molecular flexibility index (Phi) is 4.56. The van der Waals surface area contributed by atoms with Crippen LogP contribution in [0, 0.1) is 27.2 Å². The Morgan fingerprint density at radius 2 is 1.44 bits per heavy atom. The van der Waals surface area contributed by atoms with E-state index in [0.29, 0.717) is 18.1 Å². The van der Waals surface area contributed by atoms with Crippen molar-refractivity contribution in [3.63, 3.8) is 0 Å². The molecule has 0 heterocycles. The number of aryl methyl sites for hydroxylation is 1. The highest BCUT2D eigenvalue weighted by atomic mass is 16.6. The molecule has 0 radical (unpaired) electrons. The van der Waals surface area contributed by atoms with Crippen LogP contribution in [0.15, 0.2) is 49.1 Å². The van der Waals surface area contributed by atoms with Crippen molar-refractivity contribution in [2.24, 2.45) is 0 Å². The Balaban J connectivity index is 2.99. The summed E-state index contributed by atoms with van der Waals surface area (Å²) in [6.07, 6.45) is 3.71. The van der Waals surface area contributed by atoms with Crippen LogP contribution in [0.4, 0.5) is 5.69 Å². The summed E-state index contributed by atoms with van der Waals surface area (Å²) < 4.78 is 0. The number of nitro groups is 2. The largest absolute Gasteiger partial charge is 0.312 e. The maximum atomic E-state index is 10.3. The first kappa shape index (κ1) is 13.4. The number of benzene rings is 1. The minimum atomic E-state index is -0.638. The van der Waals surface area contributed by atoms with Gasteiger partial charge in [-0.15, -0.1) is 0 Å². The molecule has 1 aromatic rings. The zero-order valence-electron chi connectivity index (χ0n) is 9.59. The van der Waals surface area contributed by atoms with E-state index in [4.69, 9.17) is 0 Å². The molecule has 0 aliphatic heterocycles. The van der Waals surface area contributed by atoms with Crippen LogP contribution in [0.25, 0.3) is 0 Å². The molecule has 0 N–H and O–H groups in total. The highest BCUT2D eigenvalue weighted by molar-refractivity contribution is 5.52. The Labute approximate surface area is 103 Å². The molecule has 94 valence electrons. The molecule has 0 fully saturated rings. The Morgan fingerprint density at radius 1 is 1.00 bits per heavy atom. The van der Waals surface area contributed by atoms with E-state index in [9.17, 15) is 20.2 Å². The maximum absolute atomic E-state index is 10.3. The predicted octanol–water partition coefficient (Wildman–Crippen LogP) is 2.30. The van der Waals surface area contributed by atoms with Gasteiger partial charge in [0.05, 0.1) is 22.2 Å². The fraction of sp³-hybridized carbons (Fsp3) is 0.0909. The van der Waals surface area contributed by atoms with E-state index >= 15 is 0 Å². The second-order valence-corrected chi connectivity index (χ2v) is 3.41. The molecule has 0 atom stereocenters. The first-order chi connectivity index (χ1) is 8.49. The lowest BCUT2D eigenvalue weighted by Gasteiger charge is -2.12. The van der Waals surface area contributed by atoms with E-state index < -0.39 is 9.85 Å². The molecule has 0 bridgehead atoms. The number of nitrogens with zero attached hydrogens (tertiary/aromatic N) is 3. The topological polar surface area (TPSA) is 89.5 Å². The number of hydrogen-bond donors (Lipinski definition) is 0. The van der Waals surface area contributed by atoms with Crippen LogP contribution in [0.1, 0.15) is 5.56 Å². The number of rotatable bonds is 5. The average Bonchev–Trinajstić information content (AvgIpc) is 2.30. The summed E-state index contributed by atoms with van der Waals surface area (Å²) in [5, 5.41) is 20.5. The summed E-state index contributed by atoms with van der Waals surface area (Å²) in [7, 11) is 0. The van der Waals surface area contributed by atoms with Gasteiger partial charge in [-0.2, -0.15) is 0 Å². The lowest BCUT2D eigenvalue weighted by molar-refractivity contribution is -0.403. The smallest absolute Gasteiger partial charge is 0.250 e. The van der Waals surface area contributed by atoms with Crippen molar-refractivity contribution >= 4 is 5.69 Å². The predicted molar refractivity (Wildman–Crippen MR) is 65.9 cm³/mol. The van der Waals surface area contributed by atoms with Crippen LogP contribution < -0.4 is 4.90 Å². The molecule has 0 aliphatic carbocycles. The van der Waals surface area contributed by atoms with Crippen molar-refractivity contribution in [1.82, 2.24) is 0 Å². The van der Waals surface area contributed by atoms with Crippen molar-refractivity contribution < 1.29 is 9.85 Å². The first-order valence-electron chi connectivity index (χ1n) is 4.97. The molecular weight excluding hydrogens is 238 g/mol. The maximum Gasteiger partial charge on any atom is 0.250 e. The van der Waals surface area contributed by atoms with Gasteiger partial charge in [-0.1, -0.05) is 17.7 Å². The van der Waals surface area contributed by atoms with Crippen molar-refractivity contribution in [3.8, 4) is 0 Å². The van der Waals surface area contributed by atoms with Crippen molar-refractivity contribution in [3.05, 3.63) is 74.9 Å². The van der Waals surface area contributed by atoms with Crippen LogP contribution in [0.5, 0.6) is 0 Å². The zero-order chi connectivity index (χ0) is 13.5. The van der Waals surface area contributed by atoms with Crippen LogP contribution in [0.2, 0.25) is 0 Å². The summed E-state index contributed by atoms with van der Waals surface area (Å²) in [5.41, 5.74) is 1.62. The average molecular weight is 249 g/mol. The molecular formula is C11H11N3O4. The molecule has 0 unspecified atom stereocenters. The first-order valence-corrected chi connectivity index (χ1v) is 4.97. The highest BCUT2D eigenvalue weighted by Gasteiger charge is 2.02. The van der Waals surface area contributed by atoms with Gasteiger partial charge in [0.15, 0.2) is 0 Å². The van der Waals surface area contributed by atoms with Crippen LogP contribution in [-0.4, -0.2) is 9.85 Å². The summed E-state index contributed by atoms with van der Waals surface area (Å²) in [6.45, 7) is 1.90. The standard InChI is InChI=1S/C11H11N3O4/c1-10-2-4-11(5-3-10)12(6-8-13(15)16)7-9-14(17)18/h2-9H,1H3/b8-6+,9-7+. The van der Waals surface area contributed by atoms with E-state index in [1.165, 1.54) is 4.90 Å². The van der Waals surface area contributed by atoms with E-state index in [0.717, 1.165) is 18.0 Å². The molecule has 7 heteroatoms. The van der Waals surface area contributed by atoms with Crippen molar-refractivity contribution in [2.45, 2.75) is 6.92 Å². The lowest BCUT2D eigenvalue weighted by atomic mass is 10.2. The zero-order valence-corrected chi connectivity index (χ0v) is 9.59. The minimum absolute atomic E-state index is 0.594. The second-order valence-electron chi connectivity index (χ2n) is 3.41. The summed E-state index contributed by atoms with van der Waals surface area (Å²) in [5.74, 6) is 0. The van der Waals surface area contributed by atoms with Gasteiger partial charge in [-0.3, -0.25) is 20.2 Å². The van der Waals surface area contributed by atoms with Crippen LogP contribution in [0.3, 0.4) is 0 Å². The second kappa shape index (κ2) is 6.14. The van der Waals surface area contributed by atoms with Gasteiger partial charge >= 0.3 is 0 Å². The third-order valence-electron chi connectivity index (χ3n) is 2.03. The lowest BCUT2D eigenvalue weighted by Crippen LogP contribution is -2.08. The van der Waals surface area contributed by atoms with Crippen molar-refractivity contribution in [2.75, 3.05) is 4.90 Å². The quantitative estimate of drug-likeness (QED) is 0.590. The van der Waals surface area contributed by atoms with Gasteiger partial charge in [0.25, 0.3) is 12.4 Å². The van der Waals surface area contributed by atoms with Gasteiger partial charge < -0.3 is 4.90 Å². The van der Waals surface area contributed by atoms with Gasteiger partial charge in [0.1, 0.15) is 0 Å². The van der Waals surface area contributed by atoms with E-state index in [-0.39, 0.29) is 0 Å². The summed E-state index contributed by atoms with van der Waals surface area (Å²) >= 11 is 0. The molecule has 1 rings (SSSR count). The van der Waals surface area contributed by atoms with Gasteiger partial charge in [0.2, 0.25) is 0 Å². The Morgan fingerprint density at radius 3 is 1.83 bits per heavy atom. The normalized spacial score (nSPS) is 10.9. The molecule has 0 spiro atoms. The Bertz CT molecular complexity index is 470. The summed E-state index contributed by atoms with van der Waals surface area (Å²) in [4.78, 5) is 20.5. The van der Waals surface area contributed by atoms with Crippen molar-refractivity contribution in [1.29, 1.82) is 0 Å². The number of anilines is 1.